The quantitative estimate of drug-likeness (QED) is 0.839. The maximum Gasteiger partial charge on any atom is 0.136 e. The van der Waals surface area contributed by atoms with E-state index in [4.69, 9.17) is 14.2 Å². The third-order valence-electron chi connectivity index (χ3n) is 2.61. The molecule has 1 N–H and O–H groups in total. The molecular weight excluding hydrogens is 298 g/mol. The first-order valence-corrected chi connectivity index (χ1v) is 6.54. The van der Waals surface area contributed by atoms with Crippen LogP contribution in [0.4, 0.5) is 0 Å². The van der Waals surface area contributed by atoms with Crippen molar-refractivity contribution < 1.29 is 14.2 Å². The molecule has 0 aromatic heterocycles. The molecule has 102 valence electrons. The fraction of sp³-hybridized carbons (Fsp3) is 0.538. The van der Waals surface area contributed by atoms with E-state index in [0.29, 0.717) is 12.6 Å². The van der Waals surface area contributed by atoms with Gasteiger partial charge in [-0.15, -0.1) is 0 Å². The molecule has 0 aliphatic rings. The fourth-order valence-corrected chi connectivity index (χ4v) is 2.21. The molecule has 1 atom stereocenters. The first-order chi connectivity index (χ1) is 8.62. The minimum atomic E-state index is 0.292. The monoisotopic (exact) mass is 317 g/mol. The van der Waals surface area contributed by atoms with Gasteiger partial charge in [-0.05, 0) is 28.9 Å². The van der Waals surface area contributed by atoms with Crippen LogP contribution in [0.5, 0.6) is 11.5 Å². The summed E-state index contributed by atoms with van der Waals surface area (Å²) in [4.78, 5) is 0. The summed E-state index contributed by atoms with van der Waals surface area (Å²) in [5.74, 6) is 1.58. The predicted octanol–water partition coefficient (Wildman–Crippen LogP) is 2.59. The summed E-state index contributed by atoms with van der Waals surface area (Å²) < 4.78 is 16.6. The summed E-state index contributed by atoms with van der Waals surface area (Å²) in [6.07, 6.45) is 0. The van der Waals surface area contributed by atoms with Crippen LogP contribution in [-0.2, 0) is 11.3 Å². The lowest BCUT2D eigenvalue weighted by Gasteiger charge is -2.16. The highest BCUT2D eigenvalue weighted by molar-refractivity contribution is 9.10. The van der Waals surface area contributed by atoms with E-state index in [-0.39, 0.29) is 0 Å². The molecule has 0 radical (unpaired) electrons. The number of ether oxygens (including phenoxy) is 3. The number of nitrogens with one attached hydrogen (secondary N) is 1. The molecule has 5 heteroatoms. The molecular formula is C13H20BrNO3. The number of hydrogen-bond acceptors (Lipinski definition) is 4. The summed E-state index contributed by atoms with van der Waals surface area (Å²) in [6, 6.07) is 4.17. The van der Waals surface area contributed by atoms with Gasteiger partial charge in [-0.3, -0.25) is 0 Å². The summed E-state index contributed by atoms with van der Waals surface area (Å²) in [6.45, 7) is 3.48. The summed E-state index contributed by atoms with van der Waals surface area (Å²) >= 11 is 3.48. The molecule has 0 spiro atoms. The Hall–Kier alpha value is -0.780. The van der Waals surface area contributed by atoms with Crippen LogP contribution in [0.15, 0.2) is 16.6 Å². The largest absolute Gasteiger partial charge is 0.496 e. The van der Waals surface area contributed by atoms with E-state index < -0.39 is 0 Å². The van der Waals surface area contributed by atoms with Crippen molar-refractivity contribution in [1.82, 2.24) is 5.32 Å². The average Bonchev–Trinajstić information content (AvgIpc) is 2.36. The average molecular weight is 318 g/mol. The molecule has 1 rings (SSSR count). The van der Waals surface area contributed by atoms with Crippen molar-refractivity contribution in [3.8, 4) is 11.5 Å². The van der Waals surface area contributed by atoms with E-state index in [1.165, 1.54) is 0 Å². The SMILES string of the molecule is COCC(C)NCc1cc(Br)c(OC)cc1OC. The van der Waals surface area contributed by atoms with Gasteiger partial charge >= 0.3 is 0 Å². The van der Waals surface area contributed by atoms with Gasteiger partial charge in [0.25, 0.3) is 0 Å². The van der Waals surface area contributed by atoms with Crippen molar-refractivity contribution in [3.05, 3.63) is 22.2 Å². The molecule has 1 aromatic carbocycles. The van der Waals surface area contributed by atoms with Crippen LogP contribution in [-0.4, -0.2) is 34.0 Å². The van der Waals surface area contributed by atoms with E-state index in [2.05, 4.69) is 28.2 Å². The highest BCUT2D eigenvalue weighted by Crippen LogP contribution is 2.32. The molecule has 1 aromatic rings. The van der Waals surface area contributed by atoms with Crippen LogP contribution in [0.1, 0.15) is 12.5 Å². The molecule has 0 aliphatic carbocycles. The summed E-state index contributed by atoms with van der Waals surface area (Å²) in [5.41, 5.74) is 1.08. The van der Waals surface area contributed by atoms with Crippen LogP contribution in [0.25, 0.3) is 0 Å². The Morgan fingerprint density at radius 3 is 2.39 bits per heavy atom. The lowest BCUT2D eigenvalue weighted by atomic mass is 10.1. The zero-order chi connectivity index (χ0) is 13.5. The Labute approximate surface area is 117 Å². The highest BCUT2D eigenvalue weighted by Gasteiger charge is 2.10. The van der Waals surface area contributed by atoms with E-state index in [9.17, 15) is 0 Å². The molecule has 18 heavy (non-hydrogen) atoms. The number of methoxy groups -OCH3 is 3. The second-order valence-electron chi connectivity index (χ2n) is 4.04. The number of benzene rings is 1. The Balaban J connectivity index is 2.78. The van der Waals surface area contributed by atoms with Crippen LogP contribution < -0.4 is 14.8 Å². The third kappa shape index (κ3) is 4.15. The highest BCUT2D eigenvalue weighted by atomic mass is 79.9. The van der Waals surface area contributed by atoms with Crippen molar-refractivity contribution in [3.63, 3.8) is 0 Å². The second-order valence-corrected chi connectivity index (χ2v) is 4.89. The molecule has 0 saturated heterocycles. The predicted molar refractivity (Wildman–Crippen MR) is 75.4 cm³/mol. The number of hydrogen-bond donors (Lipinski definition) is 1. The van der Waals surface area contributed by atoms with Gasteiger partial charge in [-0.1, -0.05) is 0 Å². The Morgan fingerprint density at radius 2 is 1.83 bits per heavy atom. The summed E-state index contributed by atoms with van der Waals surface area (Å²) in [7, 11) is 4.99. The molecule has 0 fully saturated rings. The van der Waals surface area contributed by atoms with Crippen molar-refractivity contribution in [2.45, 2.75) is 19.5 Å². The molecule has 0 amide bonds. The van der Waals surface area contributed by atoms with E-state index in [1.807, 2.05) is 12.1 Å². The van der Waals surface area contributed by atoms with Gasteiger partial charge in [-0.25, -0.2) is 0 Å². The Kier molecular flexibility index (Phi) is 6.46. The van der Waals surface area contributed by atoms with Gasteiger partial charge < -0.3 is 19.5 Å². The second kappa shape index (κ2) is 7.61. The molecule has 0 saturated carbocycles. The van der Waals surface area contributed by atoms with Crippen molar-refractivity contribution in [1.29, 1.82) is 0 Å². The van der Waals surface area contributed by atoms with Gasteiger partial charge in [0.15, 0.2) is 0 Å². The van der Waals surface area contributed by atoms with Crippen LogP contribution in [0.2, 0.25) is 0 Å². The van der Waals surface area contributed by atoms with E-state index in [0.717, 1.165) is 28.1 Å². The maximum atomic E-state index is 5.36. The minimum absolute atomic E-state index is 0.292. The lowest BCUT2D eigenvalue weighted by molar-refractivity contribution is 0.171. The third-order valence-corrected chi connectivity index (χ3v) is 3.23. The van der Waals surface area contributed by atoms with Crippen LogP contribution >= 0.6 is 15.9 Å². The van der Waals surface area contributed by atoms with Crippen LogP contribution in [0.3, 0.4) is 0 Å². The van der Waals surface area contributed by atoms with Gasteiger partial charge in [0.05, 0.1) is 25.3 Å². The van der Waals surface area contributed by atoms with Gasteiger partial charge in [0.1, 0.15) is 11.5 Å². The van der Waals surface area contributed by atoms with Crippen molar-refractivity contribution in [2.75, 3.05) is 27.9 Å². The zero-order valence-corrected chi connectivity index (χ0v) is 12.8. The molecule has 0 aliphatic heterocycles. The minimum Gasteiger partial charge on any atom is -0.496 e. The number of rotatable bonds is 7. The van der Waals surface area contributed by atoms with Crippen molar-refractivity contribution in [2.24, 2.45) is 0 Å². The van der Waals surface area contributed by atoms with Gasteiger partial charge in [0.2, 0.25) is 0 Å². The normalized spacial score (nSPS) is 12.3. The maximum absolute atomic E-state index is 5.36. The molecule has 0 bridgehead atoms. The molecule has 0 heterocycles. The van der Waals surface area contributed by atoms with Crippen LogP contribution in [0, 0.1) is 0 Å². The fourth-order valence-electron chi connectivity index (χ4n) is 1.65. The topological polar surface area (TPSA) is 39.7 Å². The van der Waals surface area contributed by atoms with Gasteiger partial charge in [-0.2, -0.15) is 0 Å². The Morgan fingerprint density at radius 1 is 1.17 bits per heavy atom. The smallest absolute Gasteiger partial charge is 0.136 e. The first kappa shape index (κ1) is 15.3. The summed E-state index contributed by atoms with van der Waals surface area (Å²) in [5, 5.41) is 3.37. The molecule has 1 unspecified atom stereocenters. The van der Waals surface area contributed by atoms with E-state index in [1.54, 1.807) is 21.3 Å². The van der Waals surface area contributed by atoms with Gasteiger partial charge in [0, 0.05) is 31.3 Å². The first-order valence-electron chi connectivity index (χ1n) is 5.75. The Bertz CT molecular complexity index is 385. The lowest BCUT2D eigenvalue weighted by Crippen LogP contribution is -2.29. The van der Waals surface area contributed by atoms with Crippen molar-refractivity contribution >= 4 is 15.9 Å². The number of halogens is 1. The zero-order valence-electron chi connectivity index (χ0n) is 11.2. The molecule has 4 nitrogen and oxygen atoms in total. The standard InChI is InChI=1S/C13H20BrNO3/c1-9(8-16-2)15-7-10-5-11(14)13(18-4)6-12(10)17-3/h5-6,9,15H,7-8H2,1-4H3. The van der Waals surface area contributed by atoms with E-state index >= 15 is 0 Å².